The molecule has 2 aromatic heterocycles. The smallest absolute Gasteiger partial charge is 0.0988 e. The molecular weight excluding hydrogens is 382 g/mol. The van der Waals surface area contributed by atoms with Crippen molar-refractivity contribution in [2.45, 2.75) is 19.0 Å². The van der Waals surface area contributed by atoms with E-state index in [0.29, 0.717) is 6.04 Å². The highest BCUT2D eigenvalue weighted by molar-refractivity contribution is 5.62. The Morgan fingerprint density at radius 1 is 0.935 bits per heavy atom. The zero-order valence-electron chi connectivity index (χ0n) is 18.1. The summed E-state index contributed by atoms with van der Waals surface area (Å²) in [6, 6.07) is 25.3. The van der Waals surface area contributed by atoms with E-state index in [0.717, 1.165) is 42.0 Å². The molecule has 2 aromatic carbocycles. The number of aromatic nitrogens is 3. The molecule has 0 unspecified atom stereocenters. The molecule has 0 radical (unpaired) electrons. The first-order valence-corrected chi connectivity index (χ1v) is 10.7. The van der Waals surface area contributed by atoms with Crippen molar-refractivity contribution >= 4 is 0 Å². The van der Waals surface area contributed by atoms with Gasteiger partial charge in [0.05, 0.1) is 11.4 Å². The SMILES string of the molecule is CN(C)[C@H](CNCc1cn(-c2ccccc2)nc1-c1cccnc1)Cc1ccccc1. The van der Waals surface area contributed by atoms with Crippen molar-refractivity contribution in [1.29, 1.82) is 0 Å². The fourth-order valence-electron chi connectivity index (χ4n) is 3.69. The maximum Gasteiger partial charge on any atom is 0.0988 e. The number of para-hydroxylation sites is 1. The molecular formula is C26H29N5. The molecule has 0 amide bonds. The van der Waals surface area contributed by atoms with E-state index in [-0.39, 0.29) is 0 Å². The van der Waals surface area contributed by atoms with E-state index < -0.39 is 0 Å². The minimum absolute atomic E-state index is 0.411. The van der Waals surface area contributed by atoms with Crippen LogP contribution in [0.5, 0.6) is 0 Å². The molecule has 0 aliphatic rings. The van der Waals surface area contributed by atoms with Gasteiger partial charge in [0.15, 0.2) is 0 Å². The summed E-state index contributed by atoms with van der Waals surface area (Å²) in [5.41, 5.74) is 5.57. The van der Waals surface area contributed by atoms with Crippen LogP contribution in [-0.2, 0) is 13.0 Å². The zero-order chi connectivity index (χ0) is 21.5. The Hall–Kier alpha value is -3.28. The van der Waals surface area contributed by atoms with Gasteiger partial charge in [0, 0.05) is 48.8 Å². The topological polar surface area (TPSA) is 46.0 Å². The lowest BCUT2D eigenvalue weighted by Gasteiger charge is -2.25. The van der Waals surface area contributed by atoms with E-state index >= 15 is 0 Å². The van der Waals surface area contributed by atoms with Crippen molar-refractivity contribution in [2.24, 2.45) is 0 Å². The minimum atomic E-state index is 0.411. The summed E-state index contributed by atoms with van der Waals surface area (Å²) in [7, 11) is 4.29. The van der Waals surface area contributed by atoms with Crippen LogP contribution < -0.4 is 5.32 Å². The van der Waals surface area contributed by atoms with Crippen molar-refractivity contribution < 1.29 is 0 Å². The molecule has 5 heteroatoms. The summed E-state index contributed by atoms with van der Waals surface area (Å²) >= 11 is 0. The number of benzene rings is 2. The predicted octanol–water partition coefficient (Wildman–Crippen LogP) is 4.20. The Morgan fingerprint density at radius 2 is 1.68 bits per heavy atom. The van der Waals surface area contributed by atoms with Gasteiger partial charge in [0.25, 0.3) is 0 Å². The van der Waals surface area contributed by atoms with Gasteiger partial charge in [-0.15, -0.1) is 0 Å². The van der Waals surface area contributed by atoms with Crippen LogP contribution in [0.4, 0.5) is 0 Å². The third-order valence-electron chi connectivity index (χ3n) is 5.49. The van der Waals surface area contributed by atoms with Crippen LogP contribution in [0.15, 0.2) is 91.4 Å². The maximum absolute atomic E-state index is 4.88. The summed E-state index contributed by atoms with van der Waals surface area (Å²) in [5.74, 6) is 0. The third-order valence-corrected chi connectivity index (χ3v) is 5.49. The van der Waals surface area contributed by atoms with Crippen LogP contribution in [0, 0.1) is 0 Å². The predicted molar refractivity (Wildman–Crippen MR) is 126 cm³/mol. The van der Waals surface area contributed by atoms with E-state index in [1.54, 1.807) is 6.20 Å². The highest BCUT2D eigenvalue weighted by atomic mass is 15.3. The molecule has 0 saturated heterocycles. The summed E-state index contributed by atoms with van der Waals surface area (Å²) in [4.78, 5) is 6.57. The number of pyridine rings is 1. The van der Waals surface area contributed by atoms with Gasteiger partial charge in [0.2, 0.25) is 0 Å². The summed E-state index contributed by atoms with van der Waals surface area (Å²) in [6.45, 7) is 1.64. The molecule has 0 aliphatic carbocycles. The molecule has 0 fully saturated rings. The Labute approximate surface area is 184 Å². The summed E-state index contributed by atoms with van der Waals surface area (Å²) in [5, 5.41) is 8.54. The molecule has 1 N–H and O–H groups in total. The molecule has 158 valence electrons. The number of nitrogens with one attached hydrogen (secondary N) is 1. The van der Waals surface area contributed by atoms with Crippen LogP contribution in [0.25, 0.3) is 16.9 Å². The number of likely N-dealkylation sites (N-methyl/N-ethyl adjacent to an activating group) is 1. The van der Waals surface area contributed by atoms with Crippen molar-refractivity contribution in [2.75, 3.05) is 20.6 Å². The lowest BCUT2D eigenvalue weighted by atomic mass is 10.0. The second kappa shape index (κ2) is 10.2. The largest absolute Gasteiger partial charge is 0.311 e. The van der Waals surface area contributed by atoms with E-state index in [9.17, 15) is 0 Å². The van der Waals surface area contributed by atoms with E-state index in [1.165, 1.54) is 5.56 Å². The third kappa shape index (κ3) is 5.45. The van der Waals surface area contributed by atoms with Crippen LogP contribution in [0.2, 0.25) is 0 Å². The van der Waals surface area contributed by atoms with Gasteiger partial charge in [-0.25, -0.2) is 4.68 Å². The molecule has 31 heavy (non-hydrogen) atoms. The standard InChI is InChI=1S/C26H29N5/c1-30(2)25(16-21-10-5-3-6-11-21)19-28-18-23-20-31(24-13-7-4-8-14-24)29-26(23)22-12-9-15-27-17-22/h3-15,17,20,25,28H,16,18-19H2,1-2H3/t25-/m0/s1. The normalized spacial score (nSPS) is 12.2. The minimum Gasteiger partial charge on any atom is -0.311 e. The first-order chi connectivity index (χ1) is 15.2. The molecule has 0 spiro atoms. The molecule has 0 saturated carbocycles. The second-order valence-electron chi connectivity index (χ2n) is 7.96. The fraction of sp³-hybridized carbons (Fsp3) is 0.231. The Morgan fingerprint density at radius 3 is 2.35 bits per heavy atom. The fourth-order valence-corrected chi connectivity index (χ4v) is 3.69. The van der Waals surface area contributed by atoms with Crippen LogP contribution in [-0.4, -0.2) is 46.3 Å². The van der Waals surface area contributed by atoms with Gasteiger partial charge in [-0.05, 0) is 50.3 Å². The van der Waals surface area contributed by atoms with Crippen LogP contribution in [0.1, 0.15) is 11.1 Å². The lowest BCUT2D eigenvalue weighted by Crippen LogP contribution is -2.39. The van der Waals surface area contributed by atoms with Gasteiger partial charge in [-0.1, -0.05) is 48.5 Å². The Balaban J connectivity index is 1.51. The zero-order valence-corrected chi connectivity index (χ0v) is 18.1. The van der Waals surface area contributed by atoms with Crippen LogP contribution in [0.3, 0.4) is 0 Å². The van der Waals surface area contributed by atoms with Crippen molar-refractivity contribution in [3.63, 3.8) is 0 Å². The molecule has 0 aliphatic heterocycles. The van der Waals surface area contributed by atoms with Gasteiger partial charge >= 0.3 is 0 Å². The molecule has 1 atom stereocenters. The van der Waals surface area contributed by atoms with Gasteiger partial charge in [0.1, 0.15) is 0 Å². The molecule has 0 bridgehead atoms. The number of nitrogens with zero attached hydrogens (tertiary/aromatic N) is 4. The quantitative estimate of drug-likeness (QED) is 0.448. The van der Waals surface area contributed by atoms with Gasteiger partial charge in [-0.3, -0.25) is 4.98 Å². The molecule has 5 nitrogen and oxygen atoms in total. The summed E-state index contributed by atoms with van der Waals surface area (Å²) < 4.78 is 1.95. The molecule has 4 aromatic rings. The van der Waals surface area contributed by atoms with Crippen molar-refractivity contribution in [3.05, 3.63) is 103 Å². The first kappa shape index (κ1) is 21.0. The number of hydrogen-bond acceptors (Lipinski definition) is 4. The Kier molecular flexibility index (Phi) is 6.87. The van der Waals surface area contributed by atoms with Crippen molar-refractivity contribution in [1.82, 2.24) is 25.0 Å². The average molecular weight is 412 g/mol. The maximum atomic E-state index is 4.88. The first-order valence-electron chi connectivity index (χ1n) is 10.7. The van der Waals surface area contributed by atoms with E-state index in [2.05, 4.69) is 84.0 Å². The average Bonchev–Trinajstić information content (AvgIpc) is 3.24. The number of rotatable bonds is 9. The Bertz CT molecular complexity index is 1060. The highest BCUT2D eigenvalue weighted by Gasteiger charge is 2.15. The number of hydrogen-bond donors (Lipinski definition) is 1. The van der Waals surface area contributed by atoms with E-state index in [1.807, 2.05) is 35.1 Å². The second-order valence-corrected chi connectivity index (χ2v) is 7.96. The van der Waals surface area contributed by atoms with Gasteiger partial charge in [-0.2, -0.15) is 5.10 Å². The molecule has 2 heterocycles. The van der Waals surface area contributed by atoms with Crippen molar-refractivity contribution in [3.8, 4) is 16.9 Å². The summed E-state index contributed by atoms with van der Waals surface area (Å²) in [6.07, 6.45) is 6.80. The van der Waals surface area contributed by atoms with E-state index in [4.69, 9.17) is 5.10 Å². The lowest BCUT2D eigenvalue weighted by molar-refractivity contribution is 0.281. The monoisotopic (exact) mass is 411 g/mol. The highest BCUT2D eigenvalue weighted by Crippen LogP contribution is 2.23. The molecule has 4 rings (SSSR count). The van der Waals surface area contributed by atoms with Crippen LogP contribution >= 0.6 is 0 Å². The van der Waals surface area contributed by atoms with Gasteiger partial charge < -0.3 is 10.2 Å².